The highest BCUT2D eigenvalue weighted by Crippen LogP contribution is 2.26. The highest BCUT2D eigenvalue weighted by molar-refractivity contribution is 5.82. The van der Waals surface area contributed by atoms with Gasteiger partial charge in [-0.05, 0) is 68.1 Å². The Morgan fingerprint density at radius 2 is 1.64 bits per heavy atom. The average Bonchev–Trinajstić information content (AvgIpc) is 3.16. The zero-order valence-corrected chi connectivity index (χ0v) is 19.9. The topological polar surface area (TPSA) is 29.9 Å². The quantitative estimate of drug-likeness (QED) is 0.501. The zero-order valence-electron chi connectivity index (χ0n) is 19.9. The maximum atomic E-state index is 6.19. The molecule has 176 valence electrons. The Hall–Kier alpha value is -2.34. The largest absolute Gasteiger partial charge is 0.494 e. The van der Waals surface area contributed by atoms with Gasteiger partial charge in [-0.3, -0.25) is 9.80 Å². The molecule has 0 radical (unpaired) electrons. The smallest absolute Gasteiger partial charge is 0.120 e. The van der Waals surface area contributed by atoms with Crippen molar-refractivity contribution in [3.05, 3.63) is 65.9 Å². The molecule has 0 atom stereocenters. The van der Waals surface area contributed by atoms with Gasteiger partial charge in [0.25, 0.3) is 0 Å². The molecule has 5 nitrogen and oxygen atoms in total. The van der Waals surface area contributed by atoms with Gasteiger partial charge in [0.1, 0.15) is 5.75 Å². The van der Waals surface area contributed by atoms with Gasteiger partial charge in [0.15, 0.2) is 0 Å². The summed E-state index contributed by atoms with van der Waals surface area (Å²) in [4.78, 5) is 5.06. The molecule has 2 saturated heterocycles. The summed E-state index contributed by atoms with van der Waals surface area (Å²) in [6.07, 6.45) is 3.70. The normalized spacial score (nSPS) is 18.7. The molecule has 3 heterocycles. The SMILES string of the molecule is Cn1c(CN2CCOCC2)cc2cc(OCCC3CCN(Cc4ccccc4)CC3)ccc21. The summed E-state index contributed by atoms with van der Waals surface area (Å²) in [7, 11) is 2.17. The van der Waals surface area contributed by atoms with E-state index in [4.69, 9.17) is 9.47 Å². The number of hydrogen-bond donors (Lipinski definition) is 0. The van der Waals surface area contributed by atoms with E-state index in [1.165, 1.54) is 48.1 Å². The Morgan fingerprint density at radius 3 is 2.42 bits per heavy atom. The van der Waals surface area contributed by atoms with Crippen molar-refractivity contribution in [1.29, 1.82) is 0 Å². The standard InChI is InChI=1S/C28H37N3O2/c1-29-26(22-31-14-17-32-18-15-31)19-25-20-27(7-8-28(25)29)33-16-11-23-9-12-30(13-10-23)21-24-5-3-2-4-6-24/h2-8,19-20,23H,9-18,21-22H2,1H3. The van der Waals surface area contributed by atoms with Crippen LogP contribution in [0.2, 0.25) is 0 Å². The first-order valence-corrected chi connectivity index (χ1v) is 12.5. The molecule has 2 aliphatic heterocycles. The number of aromatic nitrogens is 1. The summed E-state index contributed by atoms with van der Waals surface area (Å²) in [6, 6.07) is 19.7. The number of nitrogens with zero attached hydrogens (tertiary/aromatic N) is 3. The summed E-state index contributed by atoms with van der Waals surface area (Å²) >= 11 is 0. The molecule has 0 amide bonds. The Bertz CT molecular complexity index is 1020. The second-order valence-electron chi connectivity index (χ2n) is 9.65. The van der Waals surface area contributed by atoms with E-state index < -0.39 is 0 Å². The molecule has 0 spiro atoms. The second kappa shape index (κ2) is 10.7. The molecule has 2 aliphatic rings. The van der Waals surface area contributed by atoms with E-state index in [1.807, 2.05) is 0 Å². The fraction of sp³-hybridized carbons (Fsp3) is 0.500. The van der Waals surface area contributed by atoms with Crippen LogP contribution in [0, 0.1) is 5.92 Å². The number of morpholine rings is 1. The Labute approximate surface area is 197 Å². The first kappa shape index (κ1) is 22.5. The fourth-order valence-electron chi connectivity index (χ4n) is 5.23. The minimum atomic E-state index is 0.776. The van der Waals surface area contributed by atoms with Crippen LogP contribution in [0.15, 0.2) is 54.6 Å². The van der Waals surface area contributed by atoms with Crippen LogP contribution in [0.4, 0.5) is 0 Å². The van der Waals surface area contributed by atoms with Crippen LogP contribution in [-0.2, 0) is 24.9 Å². The lowest BCUT2D eigenvalue weighted by Crippen LogP contribution is -2.36. The van der Waals surface area contributed by atoms with Gasteiger partial charge in [0.2, 0.25) is 0 Å². The fourth-order valence-corrected chi connectivity index (χ4v) is 5.23. The number of hydrogen-bond acceptors (Lipinski definition) is 4. The van der Waals surface area contributed by atoms with E-state index in [0.717, 1.165) is 64.1 Å². The van der Waals surface area contributed by atoms with Crippen molar-refractivity contribution in [3.63, 3.8) is 0 Å². The van der Waals surface area contributed by atoms with Gasteiger partial charge >= 0.3 is 0 Å². The number of aryl methyl sites for hydroxylation is 1. The van der Waals surface area contributed by atoms with Gasteiger partial charge < -0.3 is 14.0 Å². The third-order valence-corrected chi connectivity index (χ3v) is 7.35. The van der Waals surface area contributed by atoms with E-state index in [2.05, 4.69) is 76.0 Å². The van der Waals surface area contributed by atoms with Gasteiger partial charge in [0.05, 0.1) is 19.8 Å². The summed E-state index contributed by atoms with van der Waals surface area (Å²) in [5, 5.41) is 1.27. The molecule has 5 rings (SSSR count). The molecule has 3 aromatic rings. The van der Waals surface area contributed by atoms with Crippen LogP contribution < -0.4 is 4.74 Å². The summed E-state index contributed by atoms with van der Waals surface area (Å²) < 4.78 is 14.0. The lowest BCUT2D eigenvalue weighted by molar-refractivity contribution is 0.0333. The van der Waals surface area contributed by atoms with Crippen molar-refractivity contribution in [2.75, 3.05) is 46.0 Å². The lowest BCUT2D eigenvalue weighted by atomic mass is 9.93. The highest BCUT2D eigenvalue weighted by atomic mass is 16.5. The first-order chi connectivity index (χ1) is 16.2. The van der Waals surface area contributed by atoms with Crippen LogP contribution in [0.3, 0.4) is 0 Å². The van der Waals surface area contributed by atoms with E-state index in [9.17, 15) is 0 Å². The molecule has 2 aromatic carbocycles. The summed E-state index contributed by atoms with van der Waals surface area (Å²) in [5.74, 6) is 1.77. The van der Waals surface area contributed by atoms with Gasteiger partial charge in [-0.2, -0.15) is 0 Å². The van der Waals surface area contributed by atoms with Crippen molar-refractivity contribution in [2.24, 2.45) is 13.0 Å². The Morgan fingerprint density at radius 1 is 0.879 bits per heavy atom. The van der Waals surface area contributed by atoms with Crippen molar-refractivity contribution in [3.8, 4) is 5.75 Å². The van der Waals surface area contributed by atoms with Crippen LogP contribution in [0.1, 0.15) is 30.5 Å². The van der Waals surface area contributed by atoms with Gasteiger partial charge in [0, 0.05) is 49.8 Å². The van der Waals surface area contributed by atoms with Crippen LogP contribution in [0.25, 0.3) is 10.9 Å². The second-order valence-corrected chi connectivity index (χ2v) is 9.65. The third-order valence-electron chi connectivity index (χ3n) is 7.35. The number of rotatable bonds is 8. The molecule has 0 bridgehead atoms. The van der Waals surface area contributed by atoms with Crippen molar-refractivity contribution >= 4 is 10.9 Å². The van der Waals surface area contributed by atoms with E-state index in [0.29, 0.717) is 0 Å². The van der Waals surface area contributed by atoms with Crippen LogP contribution in [0.5, 0.6) is 5.75 Å². The Kier molecular flexibility index (Phi) is 7.30. The maximum Gasteiger partial charge on any atom is 0.120 e. The molecule has 0 saturated carbocycles. The Balaban J connectivity index is 1.09. The lowest BCUT2D eigenvalue weighted by Gasteiger charge is -2.32. The predicted molar refractivity (Wildman–Crippen MR) is 134 cm³/mol. The number of ether oxygens (including phenoxy) is 2. The van der Waals surface area contributed by atoms with Crippen molar-refractivity contribution in [2.45, 2.75) is 32.4 Å². The average molecular weight is 448 g/mol. The minimum absolute atomic E-state index is 0.776. The maximum absolute atomic E-state index is 6.19. The molecule has 0 unspecified atom stereocenters. The van der Waals surface area contributed by atoms with E-state index in [-0.39, 0.29) is 0 Å². The van der Waals surface area contributed by atoms with Crippen LogP contribution in [-0.4, -0.2) is 60.4 Å². The van der Waals surface area contributed by atoms with Gasteiger partial charge in [-0.15, -0.1) is 0 Å². The first-order valence-electron chi connectivity index (χ1n) is 12.5. The molecule has 5 heteroatoms. The van der Waals surface area contributed by atoms with Gasteiger partial charge in [-0.25, -0.2) is 0 Å². The highest BCUT2D eigenvalue weighted by Gasteiger charge is 2.19. The van der Waals surface area contributed by atoms with Crippen molar-refractivity contribution in [1.82, 2.24) is 14.4 Å². The molecule has 33 heavy (non-hydrogen) atoms. The molecule has 0 N–H and O–H groups in total. The molecular weight excluding hydrogens is 410 g/mol. The molecule has 0 aliphatic carbocycles. The van der Waals surface area contributed by atoms with E-state index >= 15 is 0 Å². The number of likely N-dealkylation sites (tertiary alicyclic amines) is 1. The number of benzene rings is 2. The molecule has 2 fully saturated rings. The predicted octanol–water partition coefficient (Wildman–Crippen LogP) is 4.69. The molecule has 1 aromatic heterocycles. The molecular formula is C28H37N3O2. The number of piperidine rings is 1. The van der Waals surface area contributed by atoms with E-state index in [1.54, 1.807) is 0 Å². The monoisotopic (exact) mass is 447 g/mol. The van der Waals surface area contributed by atoms with Crippen molar-refractivity contribution < 1.29 is 9.47 Å². The van der Waals surface area contributed by atoms with Gasteiger partial charge in [-0.1, -0.05) is 30.3 Å². The number of fused-ring (bicyclic) bond motifs is 1. The summed E-state index contributed by atoms with van der Waals surface area (Å²) in [6.45, 7) is 8.97. The third kappa shape index (κ3) is 5.78. The summed E-state index contributed by atoms with van der Waals surface area (Å²) in [5.41, 5.74) is 4.05. The minimum Gasteiger partial charge on any atom is -0.494 e. The van der Waals surface area contributed by atoms with Crippen LogP contribution >= 0.6 is 0 Å². The zero-order chi connectivity index (χ0) is 22.5.